The quantitative estimate of drug-likeness (QED) is 0.0745. The second kappa shape index (κ2) is 17.2. The molecule has 2 amide bonds. The van der Waals surface area contributed by atoms with Gasteiger partial charge in [-0.05, 0) is 50.3 Å². The largest absolute Gasteiger partial charge is 0.450 e. The van der Waals surface area contributed by atoms with Gasteiger partial charge in [-0.25, -0.2) is 19.2 Å². The molecule has 44 heavy (non-hydrogen) atoms. The predicted octanol–water partition coefficient (Wildman–Crippen LogP) is 5.74. The van der Waals surface area contributed by atoms with Gasteiger partial charge in [0, 0.05) is 40.8 Å². The van der Waals surface area contributed by atoms with Gasteiger partial charge in [0.25, 0.3) is 11.6 Å². The lowest BCUT2D eigenvalue weighted by molar-refractivity contribution is -0.193. The van der Waals surface area contributed by atoms with Gasteiger partial charge in [-0.15, -0.1) is 0 Å². The second-order valence-electron chi connectivity index (χ2n) is 10.3. The molecule has 0 aromatic heterocycles. The summed E-state index contributed by atoms with van der Waals surface area (Å²) in [4.78, 5) is 48.7. The molecule has 0 bridgehead atoms. The van der Waals surface area contributed by atoms with Crippen molar-refractivity contribution >= 4 is 24.1 Å². The van der Waals surface area contributed by atoms with E-state index in [-0.39, 0.29) is 11.5 Å². The van der Waals surface area contributed by atoms with E-state index in [2.05, 4.69) is 23.8 Å². The van der Waals surface area contributed by atoms with Crippen LogP contribution in [-0.2, 0) is 28.5 Å². The number of nitrogens with one attached hydrogen (secondary N) is 2. The first-order valence-corrected chi connectivity index (χ1v) is 14.0. The Kier molecular flexibility index (Phi) is 13.8. The van der Waals surface area contributed by atoms with E-state index in [1.54, 1.807) is 60.7 Å². The third kappa shape index (κ3) is 14.3. The molecule has 2 N–H and O–H groups in total. The van der Waals surface area contributed by atoms with Crippen molar-refractivity contribution in [3.63, 3.8) is 0 Å². The summed E-state index contributed by atoms with van der Waals surface area (Å²) in [6.07, 6.45) is 1.33. The number of alkyl carbamates (subject to hydrolysis) is 2. The highest BCUT2D eigenvalue weighted by Crippen LogP contribution is 2.19. The topological polar surface area (TPSA) is 148 Å². The Morgan fingerprint density at radius 3 is 1.25 bits per heavy atom. The number of hydrogen-bond donors (Lipinski definition) is 2. The number of benzene rings is 2. The number of unbranched alkanes of at least 4 members (excludes halogenated alkanes) is 3. The average Bonchev–Trinajstić information content (AvgIpc) is 2.94. The Morgan fingerprint density at radius 1 is 0.568 bits per heavy atom. The lowest BCUT2D eigenvalue weighted by Crippen LogP contribution is -2.39. The number of carbonyl (C=O) groups is 4. The fourth-order valence-corrected chi connectivity index (χ4v) is 3.45. The molecule has 12 nitrogen and oxygen atoms in total. The van der Waals surface area contributed by atoms with Crippen molar-refractivity contribution in [3.8, 4) is 11.5 Å². The van der Waals surface area contributed by atoms with Gasteiger partial charge < -0.3 is 39.1 Å². The number of rotatable bonds is 17. The molecule has 0 aliphatic heterocycles. The summed E-state index contributed by atoms with van der Waals surface area (Å²) in [7, 11) is 0. The van der Waals surface area contributed by atoms with Crippen LogP contribution >= 0.6 is 0 Å². The average molecular weight is 613 g/mol. The van der Waals surface area contributed by atoms with Crippen LogP contribution in [0.3, 0.4) is 0 Å². The molecule has 0 saturated carbocycles. The van der Waals surface area contributed by atoms with Crippen LogP contribution in [0.1, 0.15) is 53.4 Å². The summed E-state index contributed by atoms with van der Waals surface area (Å²) in [6, 6.07) is 17.2. The lowest BCUT2D eigenvalue weighted by atomic mass is 10.2. The highest BCUT2D eigenvalue weighted by Gasteiger charge is 2.30. The predicted molar refractivity (Wildman–Crippen MR) is 160 cm³/mol. The molecule has 0 unspecified atom stereocenters. The molecule has 0 heterocycles. The summed E-state index contributed by atoms with van der Waals surface area (Å²) in [5.74, 6) is -4.51. The molecular weight excluding hydrogens is 572 g/mol. The Bertz CT molecular complexity index is 1180. The molecule has 0 saturated heterocycles. The van der Waals surface area contributed by atoms with E-state index in [1.807, 2.05) is 0 Å². The Hall–Kier alpha value is -5.00. The van der Waals surface area contributed by atoms with E-state index in [1.165, 1.54) is 27.7 Å². The summed E-state index contributed by atoms with van der Waals surface area (Å²) in [6.45, 7) is 13.4. The van der Waals surface area contributed by atoms with Crippen molar-refractivity contribution in [2.24, 2.45) is 0 Å². The van der Waals surface area contributed by atoms with Crippen LogP contribution in [-0.4, -0.2) is 48.8 Å². The van der Waals surface area contributed by atoms with E-state index in [0.717, 1.165) is 12.8 Å². The molecule has 0 fully saturated rings. The maximum Gasteiger partial charge on any atom is 0.410 e. The van der Waals surface area contributed by atoms with E-state index >= 15 is 0 Å². The van der Waals surface area contributed by atoms with E-state index in [9.17, 15) is 19.2 Å². The summed E-state index contributed by atoms with van der Waals surface area (Å²) in [5.41, 5.74) is 0. The molecule has 0 aliphatic carbocycles. The third-order valence-electron chi connectivity index (χ3n) is 5.42. The van der Waals surface area contributed by atoms with E-state index in [4.69, 9.17) is 28.4 Å². The fourth-order valence-electron chi connectivity index (χ4n) is 3.45. The first-order chi connectivity index (χ1) is 20.8. The molecule has 12 heteroatoms. The molecule has 2 aromatic rings. The number of esters is 2. The van der Waals surface area contributed by atoms with Gasteiger partial charge in [0.15, 0.2) is 0 Å². The van der Waals surface area contributed by atoms with Crippen molar-refractivity contribution < 1.29 is 47.6 Å². The molecule has 238 valence electrons. The number of ether oxygens (including phenoxy) is 6. The molecule has 2 aromatic carbocycles. The SMILES string of the molecule is C=C(Oc1ccccc1)C(=O)OC(C)(C)OC(=O)NCCCCCCNC(=O)OC(C)(C)OC(=O)C(=C)Oc1ccccc1. The van der Waals surface area contributed by atoms with Gasteiger partial charge in [-0.3, -0.25) is 0 Å². The zero-order chi connectivity index (χ0) is 32.6. The zero-order valence-electron chi connectivity index (χ0n) is 25.5. The normalized spacial score (nSPS) is 10.9. The minimum absolute atomic E-state index is 0.251. The maximum absolute atomic E-state index is 12.2. The molecule has 0 aliphatic rings. The summed E-state index contributed by atoms with van der Waals surface area (Å²) >= 11 is 0. The molecular formula is C32H40N2O10. The smallest absolute Gasteiger partial charge is 0.410 e. The number of carbonyl (C=O) groups excluding carboxylic acids is 4. The Balaban J connectivity index is 1.54. The molecule has 0 radical (unpaired) electrons. The van der Waals surface area contributed by atoms with Crippen LogP contribution in [0.2, 0.25) is 0 Å². The van der Waals surface area contributed by atoms with Gasteiger partial charge in [0.1, 0.15) is 11.5 Å². The second-order valence-corrected chi connectivity index (χ2v) is 10.3. The first-order valence-electron chi connectivity index (χ1n) is 14.0. The summed E-state index contributed by atoms with van der Waals surface area (Å²) < 4.78 is 31.4. The van der Waals surface area contributed by atoms with Gasteiger partial charge in [0.2, 0.25) is 11.5 Å². The highest BCUT2D eigenvalue weighted by atomic mass is 16.7. The van der Waals surface area contributed by atoms with Crippen LogP contribution in [0, 0.1) is 0 Å². The summed E-state index contributed by atoms with van der Waals surface area (Å²) in [5, 5.41) is 5.20. The lowest BCUT2D eigenvalue weighted by Gasteiger charge is -2.25. The van der Waals surface area contributed by atoms with Gasteiger partial charge >= 0.3 is 24.1 Å². The minimum Gasteiger partial charge on any atom is -0.450 e. The standard InChI is InChI=1S/C32H40N2O10/c1-23(39-25-17-11-9-12-18-25)27(35)41-31(3,4)43-29(37)33-21-15-7-8-16-22-34-30(38)44-32(5,6)42-28(36)24(2)40-26-19-13-10-14-20-26/h9-14,17-20H,1-2,7-8,15-16,21-22H2,3-6H3,(H,33,37)(H,34,38). The number of para-hydroxylation sites is 2. The van der Waals surface area contributed by atoms with Crippen LogP contribution in [0.25, 0.3) is 0 Å². The molecule has 0 spiro atoms. The van der Waals surface area contributed by atoms with Crippen LogP contribution in [0.4, 0.5) is 9.59 Å². The van der Waals surface area contributed by atoms with Crippen LogP contribution < -0.4 is 20.1 Å². The van der Waals surface area contributed by atoms with Crippen molar-refractivity contribution in [1.82, 2.24) is 10.6 Å². The van der Waals surface area contributed by atoms with E-state index in [0.29, 0.717) is 37.4 Å². The number of amides is 2. The zero-order valence-corrected chi connectivity index (χ0v) is 25.5. The Labute approximate surface area is 257 Å². The van der Waals surface area contributed by atoms with E-state index < -0.39 is 35.7 Å². The van der Waals surface area contributed by atoms with Crippen molar-refractivity contribution in [2.75, 3.05) is 13.1 Å². The maximum atomic E-state index is 12.2. The first kappa shape index (κ1) is 35.2. The van der Waals surface area contributed by atoms with Crippen LogP contribution in [0.15, 0.2) is 85.3 Å². The van der Waals surface area contributed by atoms with Crippen LogP contribution in [0.5, 0.6) is 11.5 Å². The fraction of sp³-hybridized carbons (Fsp3) is 0.375. The van der Waals surface area contributed by atoms with Gasteiger partial charge in [-0.2, -0.15) is 0 Å². The van der Waals surface area contributed by atoms with Crippen molar-refractivity contribution in [2.45, 2.75) is 65.0 Å². The van der Waals surface area contributed by atoms with Gasteiger partial charge in [-0.1, -0.05) is 49.2 Å². The number of hydrogen-bond acceptors (Lipinski definition) is 10. The van der Waals surface area contributed by atoms with Crippen molar-refractivity contribution in [3.05, 3.63) is 85.3 Å². The van der Waals surface area contributed by atoms with Crippen molar-refractivity contribution in [1.29, 1.82) is 0 Å². The Morgan fingerprint density at radius 2 is 0.909 bits per heavy atom. The monoisotopic (exact) mass is 612 g/mol. The minimum atomic E-state index is -1.55. The van der Waals surface area contributed by atoms with Gasteiger partial charge in [0.05, 0.1) is 0 Å². The highest BCUT2D eigenvalue weighted by molar-refractivity contribution is 5.87. The third-order valence-corrected chi connectivity index (χ3v) is 5.42. The molecule has 2 rings (SSSR count). The molecule has 0 atom stereocenters.